The van der Waals surface area contributed by atoms with Crippen LogP contribution in [0.4, 0.5) is 13.2 Å². The molecule has 0 saturated heterocycles. The molecule has 1 rings (SSSR count). The fourth-order valence-electron chi connectivity index (χ4n) is 1.50. The summed E-state index contributed by atoms with van der Waals surface area (Å²) in [7, 11) is 0. The lowest BCUT2D eigenvalue weighted by atomic mass is 9.81. The Morgan fingerprint density at radius 3 is 2.42 bits per heavy atom. The first kappa shape index (κ1) is 16.3. The summed E-state index contributed by atoms with van der Waals surface area (Å²) in [6.45, 7) is 3.07. The summed E-state index contributed by atoms with van der Waals surface area (Å²) < 4.78 is 41.6. The summed E-state index contributed by atoms with van der Waals surface area (Å²) in [6, 6.07) is 3.29. The Bertz CT molecular complexity index is 449. The fourth-order valence-corrected chi connectivity index (χ4v) is 1.88. The van der Waals surface area contributed by atoms with Crippen LogP contribution in [0.1, 0.15) is 25.5 Å². The van der Waals surface area contributed by atoms with Gasteiger partial charge in [-0.25, -0.2) is 0 Å². The Hall–Kier alpha value is -0.790. The van der Waals surface area contributed by atoms with Crippen molar-refractivity contribution >= 4 is 15.9 Å². The minimum absolute atomic E-state index is 0.186. The van der Waals surface area contributed by atoms with Crippen LogP contribution in [0.15, 0.2) is 22.7 Å². The van der Waals surface area contributed by atoms with Crippen LogP contribution >= 0.6 is 15.9 Å². The van der Waals surface area contributed by atoms with Crippen molar-refractivity contribution in [2.75, 3.05) is 6.61 Å². The first-order chi connectivity index (χ1) is 8.57. The van der Waals surface area contributed by atoms with Crippen molar-refractivity contribution in [2.24, 2.45) is 11.1 Å². The third-order valence-electron chi connectivity index (χ3n) is 2.78. The third-order valence-corrected chi connectivity index (χ3v) is 3.28. The number of benzene rings is 1. The SMILES string of the molecule is CC(C)(CO)[C@H](N)c1cc(Br)ccc1OC(F)(F)F. The third kappa shape index (κ3) is 4.36. The number of halogens is 4. The van der Waals surface area contributed by atoms with Gasteiger partial charge in [-0.2, -0.15) is 0 Å². The van der Waals surface area contributed by atoms with Crippen molar-refractivity contribution in [1.29, 1.82) is 0 Å². The molecule has 0 aliphatic rings. The molecule has 0 heterocycles. The van der Waals surface area contributed by atoms with Crippen LogP contribution in [-0.4, -0.2) is 18.1 Å². The van der Waals surface area contributed by atoms with Gasteiger partial charge in [0.2, 0.25) is 0 Å². The van der Waals surface area contributed by atoms with Gasteiger partial charge in [-0.05, 0) is 18.2 Å². The van der Waals surface area contributed by atoms with Crippen LogP contribution < -0.4 is 10.5 Å². The highest BCUT2D eigenvalue weighted by Gasteiger charge is 2.35. The van der Waals surface area contributed by atoms with E-state index in [-0.39, 0.29) is 17.9 Å². The topological polar surface area (TPSA) is 55.5 Å². The van der Waals surface area contributed by atoms with Gasteiger partial charge in [0.05, 0.1) is 0 Å². The minimum Gasteiger partial charge on any atom is -0.405 e. The van der Waals surface area contributed by atoms with Gasteiger partial charge in [0.25, 0.3) is 0 Å². The second-order valence-electron chi connectivity index (χ2n) is 4.85. The minimum atomic E-state index is -4.79. The van der Waals surface area contributed by atoms with Crippen molar-refractivity contribution in [2.45, 2.75) is 26.3 Å². The highest BCUT2D eigenvalue weighted by Crippen LogP contribution is 2.38. The average molecular weight is 342 g/mol. The van der Waals surface area contributed by atoms with E-state index in [1.54, 1.807) is 13.8 Å². The molecule has 108 valence electrons. The number of hydrogen-bond acceptors (Lipinski definition) is 3. The molecule has 0 saturated carbocycles. The number of ether oxygens (including phenoxy) is 1. The van der Waals surface area contributed by atoms with Crippen LogP contribution in [0.3, 0.4) is 0 Å². The standard InChI is InChI=1S/C12H15BrF3NO2/c1-11(2,6-18)10(17)8-5-7(13)3-4-9(8)19-12(14,15)16/h3-5,10,18H,6,17H2,1-2H3/t10-/m1/s1. The Balaban J connectivity index is 3.21. The number of alkyl halides is 3. The average Bonchev–Trinajstić information content (AvgIpc) is 2.29. The predicted molar refractivity (Wildman–Crippen MR) is 68.6 cm³/mol. The highest BCUT2D eigenvalue weighted by atomic mass is 79.9. The first-order valence-electron chi connectivity index (χ1n) is 5.48. The van der Waals surface area contributed by atoms with Gasteiger partial charge in [0.15, 0.2) is 0 Å². The largest absolute Gasteiger partial charge is 0.573 e. The maximum atomic E-state index is 12.3. The van der Waals surface area contributed by atoms with Gasteiger partial charge in [-0.3, -0.25) is 0 Å². The molecule has 0 aliphatic heterocycles. The molecule has 1 aromatic carbocycles. The summed E-state index contributed by atoms with van der Waals surface area (Å²) in [6.07, 6.45) is -4.79. The molecular formula is C12H15BrF3NO2. The molecule has 3 N–H and O–H groups in total. The van der Waals surface area contributed by atoms with E-state index in [4.69, 9.17) is 5.73 Å². The van der Waals surface area contributed by atoms with Crippen LogP contribution in [0.5, 0.6) is 5.75 Å². The lowest BCUT2D eigenvalue weighted by Gasteiger charge is -2.31. The van der Waals surface area contributed by atoms with Crippen molar-refractivity contribution in [3.63, 3.8) is 0 Å². The van der Waals surface area contributed by atoms with E-state index >= 15 is 0 Å². The van der Waals surface area contributed by atoms with Crippen LogP contribution in [0, 0.1) is 5.41 Å². The van der Waals surface area contributed by atoms with Crippen molar-refractivity contribution in [3.05, 3.63) is 28.2 Å². The Morgan fingerprint density at radius 1 is 1.37 bits per heavy atom. The van der Waals surface area contributed by atoms with E-state index in [0.29, 0.717) is 4.47 Å². The number of aliphatic hydroxyl groups is 1. The van der Waals surface area contributed by atoms with E-state index in [1.165, 1.54) is 18.2 Å². The molecule has 7 heteroatoms. The zero-order valence-electron chi connectivity index (χ0n) is 10.5. The Labute approximate surface area is 117 Å². The zero-order valence-corrected chi connectivity index (χ0v) is 12.0. The van der Waals surface area contributed by atoms with Gasteiger partial charge in [-0.15, -0.1) is 13.2 Å². The van der Waals surface area contributed by atoms with E-state index in [1.807, 2.05) is 0 Å². The Kier molecular flexibility index (Phi) is 4.86. The molecule has 0 amide bonds. The number of hydrogen-bond donors (Lipinski definition) is 2. The summed E-state index contributed by atoms with van der Waals surface area (Å²) >= 11 is 3.18. The molecule has 3 nitrogen and oxygen atoms in total. The maximum absolute atomic E-state index is 12.3. The Morgan fingerprint density at radius 2 is 1.95 bits per heavy atom. The molecule has 1 aromatic rings. The molecule has 0 aromatic heterocycles. The number of aliphatic hydroxyl groups excluding tert-OH is 1. The second-order valence-corrected chi connectivity index (χ2v) is 5.77. The lowest BCUT2D eigenvalue weighted by Crippen LogP contribution is -2.33. The zero-order chi connectivity index (χ0) is 14.8. The van der Waals surface area contributed by atoms with Crippen molar-refractivity contribution in [3.8, 4) is 5.75 Å². The molecule has 1 atom stereocenters. The predicted octanol–water partition coefficient (Wildman–Crippen LogP) is 3.37. The highest BCUT2D eigenvalue weighted by molar-refractivity contribution is 9.10. The molecule has 0 radical (unpaired) electrons. The quantitative estimate of drug-likeness (QED) is 0.882. The monoisotopic (exact) mass is 341 g/mol. The molecule has 0 bridgehead atoms. The van der Waals surface area contributed by atoms with Gasteiger partial charge >= 0.3 is 6.36 Å². The summed E-state index contributed by atoms with van der Waals surface area (Å²) in [5.74, 6) is -0.357. The fraction of sp³-hybridized carbons (Fsp3) is 0.500. The van der Waals surface area contributed by atoms with E-state index in [9.17, 15) is 18.3 Å². The second kappa shape index (κ2) is 5.68. The normalized spacial score (nSPS) is 14.3. The van der Waals surface area contributed by atoms with E-state index < -0.39 is 17.8 Å². The first-order valence-corrected chi connectivity index (χ1v) is 6.28. The van der Waals surface area contributed by atoms with Crippen molar-refractivity contribution < 1.29 is 23.0 Å². The summed E-state index contributed by atoms with van der Waals surface area (Å²) in [5, 5.41) is 9.26. The van der Waals surface area contributed by atoms with Crippen LogP contribution in [0.25, 0.3) is 0 Å². The molecule has 0 fully saturated rings. The van der Waals surface area contributed by atoms with Gasteiger partial charge < -0.3 is 15.6 Å². The van der Waals surface area contributed by atoms with Gasteiger partial charge in [0, 0.05) is 28.1 Å². The van der Waals surface area contributed by atoms with Crippen LogP contribution in [-0.2, 0) is 0 Å². The maximum Gasteiger partial charge on any atom is 0.573 e. The van der Waals surface area contributed by atoms with Crippen molar-refractivity contribution in [1.82, 2.24) is 0 Å². The molecule has 19 heavy (non-hydrogen) atoms. The van der Waals surface area contributed by atoms with Gasteiger partial charge in [0.1, 0.15) is 5.75 Å². The molecular weight excluding hydrogens is 327 g/mol. The molecule has 0 spiro atoms. The van der Waals surface area contributed by atoms with E-state index in [0.717, 1.165) is 0 Å². The lowest BCUT2D eigenvalue weighted by molar-refractivity contribution is -0.275. The molecule has 0 unspecified atom stereocenters. The summed E-state index contributed by atoms with van der Waals surface area (Å²) in [4.78, 5) is 0. The van der Waals surface area contributed by atoms with Gasteiger partial charge in [-0.1, -0.05) is 29.8 Å². The van der Waals surface area contributed by atoms with Crippen LogP contribution in [0.2, 0.25) is 0 Å². The molecule has 0 aliphatic carbocycles. The number of nitrogens with two attached hydrogens (primary N) is 1. The smallest absolute Gasteiger partial charge is 0.405 e. The summed E-state index contributed by atoms with van der Waals surface area (Å²) in [5.41, 5.74) is 5.36. The van der Waals surface area contributed by atoms with E-state index in [2.05, 4.69) is 20.7 Å². The number of rotatable bonds is 4.